The summed E-state index contributed by atoms with van der Waals surface area (Å²) in [4.78, 5) is 9.64. The van der Waals surface area contributed by atoms with E-state index in [4.69, 9.17) is 30.8 Å². The number of halogens is 1. The molecule has 2 saturated heterocycles. The number of ether oxygens (including phenoxy) is 3. The largest absolute Gasteiger partial charge is 0.378 e. The van der Waals surface area contributed by atoms with Crippen LogP contribution in [0.3, 0.4) is 0 Å². The summed E-state index contributed by atoms with van der Waals surface area (Å²) in [7, 11) is 0. The SMILES string of the molecule is CCCCN(CC1=CC2OCCOC2C=C1)Cc1c(Cl)nc(N2CCOCC2)n1CCCC. The Hall–Kier alpha value is -1.38. The molecule has 4 rings (SSSR count). The summed E-state index contributed by atoms with van der Waals surface area (Å²) in [5.41, 5.74) is 2.40. The zero-order valence-corrected chi connectivity index (χ0v) is 20.9. The molecule has 33 heavy (non-hydrogen) atoms. The Balaban J connectivity index is 1.53. The van der Waals surface area contributed by atoms with E-state index in [0.29, 0.717) is 18.4 Å². The number of hydrogen-bond donors (Lipinski definition) is 0. The smallest absolute Gasteiger partial charge is 0.207 e. The maximum atomic E-state index is 6.78. The first-order valence-electron chi connectivity index (χ1n) is 12.6. The molecule has 0 aromatic carbocycles. The first-order chi connectivity index (χ1) is 16.2. The number of aromatic nitrogens is 2. The topological polar surface area (TPSA) is 52.0 Å². The molecule has 1 aromatic rings. The number of nitrogens with zero attached hydrogens (tertiary/aromatic N) is 4. The predicted molar refractivity (Wildman–Crippen MR) is 132 cm³/mol. The maximum Gasteiger partial charge on any atom is 0.207 e. The van der Waals surface area contributed by atoms with Crippen LogP contribution < -0.4 is 4.90 Å². The fraction of sp³-hybridized carbons (Fsp3) is 0.720. The molecule has 0 bridgehead atoms. The first-order valence-corrected chi connectivity index (χ1v) is 13.0. The van der Waals surface area contributed by atoms with Gasteiger partial charge >= 0.3 is 0 Å². The lowest BCUT2D eigenvalue weighted by molar-refractivity contribution is -0.102. The van der Waals surface area contributed by atoms with Crippen LogP contribution in [0.15, 0.2) is 23.8 Å². The fourth-order valence-electron chi connectivity index (χ4n) is 4.67. The zero-order valence-electron chi connectivity index (χ0n) is 20.2. The number of imidazole rings is 1. The number of fused-ring (bicyclic) bond motifs is 1. The molecule has 1 aromatic heterocycles. The lowest BCUT2D eigenvalue weighted by atomic mass is 10.0. The highest BCUT2D eigenvalue weighted by atomic mass is 35.5. The number of rotatable bonds is 11. The van der Waals surface area contributed by atoms with Crippen LogP contribution in [0.4, 0.5) is 5.95 Å². The van der Waals surface area contributed by atoms with Gasteiger partial charge in [-0.25, -0.2) is 4.98 Å². The average molecular weight is 479 g/mol. The Morgan fingerprint density at radius 1 is 1.03 bits per heavy atom. The molecule has 2 atom stereocenters. The highest BCUT2D eigenvalue weighted by Crippen LogP contribution is 2.28. The van der Waals surface area contributed by atoms with Gasteiger partial charge in [0.15, 0.2) is 5.15 Å². The Kier molecular flexibility index (Phi) is 9.26. The molecule has 2 unspecified atom stereocenters. The summed E-state index contributed by atoms with van der Waals surface area (Å²) in [6, 6.07) is 0. The minimum Gasteiger partial charge on any atom is -0.378 e. The van der Waals surface area contributed by atoms with Crippen LogP contribution in [0, 0.1) is 0 Å². The minimum absolute atomic E-state index is 0.0263. The molecule has 7 nitrogen and oxygen atoms in total. The van der Waals surface area contributed by atoms with Crippen molar-refractivity contribution in [2.24, 2.45) is 0 Å². The number of hydrogen-bond acceptors (Lipinski definition) is 6. The quantitative estimate of drug-likeness (QED) is 0.478. The highest BCUT2D eigenvalue weighted by molar-refractivity contribution is 6.30. The van der Waals surface area contributed by atoms with Crippen molar-refractivity contribution < 1.29 is 14.2 Å². The van der Waals surface area contributed by atoms with Gasteiger partial charge in [0.05, 0.1) is 32.1 Å². The number of morpholine rings is 1. The van der Waals surface area contributed by atoms with E-state index < -0.39 is 0 Å². The van der Waals surface area contributed by atoms with Crippen molar-refractivity contribution in [2.45, 2.75) is 64.8 Å². The van der Waals surface area contributed by atoms with Gasteiger partial charge in [0.1, 0.15) is 12.2 Å². The van der Waals surface area contributed by atoms with Crippen molar-refractivity contribution in [1.82, 2.24) is 14.5 Å². The van der Waals surface area contributed by atoms with Gasteiger partial charge < -0.3 is 23.7 Å². The second-order valence-electron chi connectivity index (χ2n) is 9.09. The standard InChI is InChI=1S/C25H39ClN4O3/c1-3-5-9-28(18-20-7-8-22-23(17-20)33-16-15-32-22)19-21-24(26)27-25(30(21)10-6-4-2)29-11-13-31-14-12-29/h7-8,17,22-23H,3-6,9-16,18-19H2,1-2H3. The molecule has 8 heteroatoms. The van der Waals surface area contributed by atoms with Crippen molar-refractivity contribution in [1.29, 1.82) is 0 Å². The van der Waals surface area contributed by atoms with Gasteiger partial charge in [-0.2, -0.15) is 0 Å². The molecule has 3 heterocycles. The van der Waals surface area contributed by atoms with Gasteiger partial charge in [-0.1, -0.05) is 50.4 Å². The molecule has 2 aliphatic heterocycles. The first kappa shape index (κ1) is 24.7. The summed E-state index contributed by atoms with van der Waals surface area (Å²) in [6.07, 6.45) is 11.2. The minimum atomic E-state index is 0.0263. The van der Waals surface area contributed by atoms with E-state index in [0.717, 1.165) is 89.8 Å². The molecule has 2 fully saturated rings. The van der Waals surface area contributed by atoms with Gasteiger partial charge in [0.25, 0.3) is 0 Å². The van der Waals surface area contributed by atoms with Crippen LogP contribution in [0.5, 0.6) is 0 Å². The van der Waals surface area contributed by atoms with E-state index in [1.807, 2.05) is 0 Å². The van der Waals surface area contributed by atoms with E-state index in [1.54, 1.807) is 0 Å². The molecular formula is C25H39ClN4O3. The van der Waals surface area contributed by atoms with Crippen LogP contribution in [0.25, 0.3) is 0 Å². The maximum absolute atomic E-state index is 6.78. The zero-order chi connectivity index (χ0) is 23.0. The van der Waals surface area contributed by atoms with E-state index in [2.05, 4.69) is 46.4 Å². The van der Waals surface area contributed by atoms with E-state index in [1.165, 1.54) is 5.57 Å². The third-order valence-electron chi connectivity index (χ3n) is 6.55. The van der Waals surface area contributed by atoms with E-state index in [-0.39, 0.29) is 12.2 Å². The summed E-state index contributed by atoms with van der Waals surface area (Å²) in [6.45, 7) is 12.6. The Labute approximate surface area is 203 Å². The van der Waals surface area contributed by atoms with Crippen molar-refractivity contribution in [3.05, 3.63) is 34.6 Å². The Bertz CT molecular complexity index is 819. The lowest BCUT2D eigenvalue weighted by Crippen LogP contribution is -2.38. The summed E-state index contributed by atoms with van der Waals surface area (Å²) >= 11 is 6.78. The van der Waals surface area contributed by atoms with Gasteiger partial charge in [-0.05, 0) is 31.0 Å². The molecule has 0 N–H and O–H groups in total. The third-order valence-corrected chi connectivity index (χ3v) is 6.85. The van der Waals surface area contributed by atoms with E-state index >= 15 is 0 Å². The molecule has 0 amide bonds. The molecule has 0 spiro atoms. The van der Waals surface area contributed by atoms with Crippen LogP contribution in [0.2, 0.25) is 5.15 Å². The predicted octanol–water partition coefficient (Wildman–Crippen LogP) is 4.06. The second kappa shape index (κ2) is 12.4. The van der Waals surface area contributed by atoms with Crippen LogP contribution >= 0.6 is 11.6 Å². The monoisotopic (exact) mass is 478 g/mol. The van der Waals surface area contributed by atoms with Gasteiger partial charge in [0, 0.05) is 32.7 Å². The summed E-state index contributed by atoms with van der Waals surface area (Å²) < 4.78 is 19.7. The van der Waals surface area contributed by atoms with Gasteiger partial charge in [-0.15, -0.1) is 0 Å². The van der Waals surface area contributed by atoms with Crippen molar-refractivity contribution in [3.8, 4) is 0 Å². The lowest BCUT2D eigenvalue weighted by Gasteiger charge is -2.32. The molecule has 0 saturated carbocycles. The summed E-state index contributed by atoms with van der Waals surface area (Å²) in [5.74, 6) is 0.995. The number of unbranched alkanes of at least 4 members (excludes halogenated alkanes) is 2. The summed E-state index contributed by atoms with van der Waals surface area (Å²) in [5, 5.41) is 0.631. The third kappa shape index (κ3) is 6.40. The van der Waals surface area contributed by atoms with E-state index in [9.17, 15) is 0 Å². The fourth-order valence-corrected chi connectivity index (χ4v) is 4.91. The number of anilines is 1. The van der Waals surface area contributed by atoms with Crippen LogP contribution in [0.1, 0.15) is 45.2 Å². The molecule has 184 valence electrons. The molecule has 1 aliphatic carbocycles. The second-order valence-corrected chi connectivity index (χ2v) is 9.45. The molecule has 0 radical (unpaired) electrons. The van der Waals surface area contributed by atoms with Crippen LogP contribution in [-0.4, -0.2) is 79.3 Å². The molecular weight excluding hydrogens is 440 g/mol. The Morgan fingerprint density at radius 2 is 1.79 bits per heavy atom. The highest BCUT2D eigenvalue weighted by Gasteiger charge is 2.27. The molecule has 3 aliphatic rings. The normalized spacial score (nSPS) is 23.2. The van der Waals surface area contributed by atoms with Crippen molar-refractivity contribution in [2.75, 3.05) is 57.5 Å². The van der Waals surface area contributed by atoms with Crippen LogP contribution in [-0.2, 0) is 27.3 Å². The Morgan fingerprint density at radius 3 is 2.55 bits per heavy atom. The average Bonchev–Trinajstić information content (AvgIpc) is 3.16. The van der Waals surface area contributed by atoms with Gasteiger partial charge in [0.2, 0.25) is 5.95 Å². The van der Waals surface area contributed by atoms with Crippen molar-refractivity contribution >= 4 is 17.5 Å². The van der Waals surface area contributed by atoms with Gasteiger partial charge in [-0.3, -0.25) is 4.90 Å². The van der Waals surface area contributed by atoms with Crippen molar-refractivity contribution in [3.63, 3.8) is 0 Å².